The molecule has 6 nitrogen and oxygen atoms in total. The Kier molecular flexibility index (Phi) is 3.50. The summed E-state index contributed by atoms with van der Waals surface area (Å²) in [5.41, 5.74) is 5.45. The molecule has 3 N–H and O–H groups in total. The summed E-state index contributed by atoms with van der Waals surface area (Å²) >= 11 is 3.16. The van der Waals surface area contributed by atoms with E-state index in [0.717, 1.165) is 42.4 Å². The highest BCUT2D eigenvalue weighted by atomic mass is 32.2. The van der Waals surface area contributed by atoms with E-state index >= 15 is 0 Å². The fourth-order valence-electron chi connectivity index (χ4n) is 4.61. The van der Waals surface area contributed by atoms with Gasteiger partial charge in [0.15, 0.2) is 5.17 Å². The number of aliphatic imine (C=N–C) groups is 1. The van der Waals surface area contributed by atoms with Crippen molar-refractivity contribution in [1.82, 2.24) is 4.98 Å². The van der Waals surface area contributed by atoms with Crippen LogP contribution in [0.2, 0.25) is 0 Å². The average molecular weight is 379 g/mol. The van der Waals surface area contributed by atoms with Crippen LogP contribution in [0.1, 0.15) is 37.6 Å². The Bertz CT molecular complexity index is 747. The number of anilines is 1. The molecule has 3 saturated carbocycles. The first-order chi connectivity index (χ1) is 12.0. The molecule has 0 radical (unpaired) electrons. The van der Waals surface area contributed by atoms with Crippen molar-refractivity contribution in [2.45, 2.75) is 44.2 Å². The number of fused-ring (bicyclic) bond motifs is 1. The van der Waals surface area contributed by atoms with E-state index in [1.807, 2.05) is 5.38 Å². The number of hydrogen-bond donors (Lipinski definition) is 2. The van der Waals surface area contributed by atoms with Gasteiger partial charge in [0, 0.05) is 17.1 Å². The third-order valence-corrected chi connectivity index (χ3v) is 8.22. The van der Waals surface area contributed by atoms with Crippen LogP contribution in [0.5, 0.6) is 0 Å². The maximum Gasteiger partial charge on any atom is 0.231 e. The Morgan fingerprint density at radius 2 is 2.24 bits per heavy atom. The van der Waals surface area contributed by atoms with E-state index in [-0.39, 0.29) is 17.4 Å². The number of carbonyl (C=O) groups excluding carboxylic acids is 1. The molecular formula is C17H22N4O2S2. The lowest BCUT2D eigenvalue weighted by Crippen LogP contribution is -2.58. The van der Waals surface area contributed by atoms with Gasteiger partial charge < -0.3 is 15.8 Å². The Labute approximate surface area is 155 Å². The summed E-state index contributed by atoms with van der Waals surface area (Å²) in [6, 6.07) is 0. The smallest absolute Gasteiger partial charge is 0.231 e. The number of nitrogens with zero attached hydrogens (tertiary/aromatic N) is 2. The molecule has 0 aromatic carbocycles. The van der Waals surface area contributed by atoms with Crippen LogP contribution in [0, 0.1) is 17.3 Å². The van der Waals surface area contributed by atoms with Crippen LogP contribution in [-0.4, -0.2) is 34.5 Å². The summed E-state index contributed by atoms with van der Waals surface area (Å²) in [5, 5.41) is 6.46. The summed E-state index contributed by atoms with van der Waals surface area (Å²) in [4.78, 5) is 22.0. The minimum absolute atomic E-state index is 0.0945. The van der Waals surface area contributed by atoms with Crippen molar-refractivity contribution in [3.63, 3.8) is 0 Å². The largest absolute Gasteiger partial charge is 0.379 e. The van der Waals surface area contributed by atoms with Gasteiger partial charge in [-0.3, -0.25) is 4.79 Å². The fraction of sp³-hybridized carbons (Fsp3) is 0.706. The van der Waals surface area contributed by atoms with Gasteiger partial charge in [-0.25, -0.2) is 9.98 Å². The number of aromatic nitrogens is 1. The van der Waals surface area contributed by atoms with Crippen molar-refractivity contribution in [2.75, 3.05) is 17.7 Å². The van der Waals surface area contributed by atoms with Gasteiger partial charge in [-0.05, 0) is 38.5 Å². The van der Waals surface area contributed by atoms with Gasteiger partial charge in [-0.1, -0.05) is 11.8 Å². The van der Waals surface area contributed by atoms with E-state index in [2.05, 4.69) is 12.2 Å². The first-order valence-corrected chi connectivity index (χ1v) is 10.7. The van der Waals surface area contributed by atoms with Crippen molar-refractivity contribution in [3.05, 3.63) is 10.4 Å². The Morgan fingerprint density at radius 1 is 1.44 bits per heavy atom. The van der Waals surface area contributed by atoms with Crippen molar-refractivity contribution < 1.29 is 9.53 Å². The molecule has 1 aromatic rings. The molecule has 25 heavy (non-hydrogen) atoms. The number of ether oxygens (including phenoxy) is 1. The molecule has 3 atom stereocenters. The molecule has 8 heteroatoms. The van der Waals surface area contributed by atoms with E-state index in [0.29, 0.717) is 23.5 Å². The predicted octanol–water partition coefficient (Wildman–Crippen LogP) is 2.56. The number of nitrogens with one attached hydrogen (secondary N) is 1. The zero-order valence-electron chi connectivity index (χ0n) is 14.2. The van der Waals surface area contributed by atoms with Gasteiger partial charge in [0.1, 0.15) is 16.4 Å². The highest BCUT2D eigenvalue weighted by Crippen LogP contribution is 2.64. The topological polar surface area (TPSA) is 89.6 Å². The second kappa shape index (κ2) is 5.44. The van der Waals surface area contributed by atoms with Crippen LogP contribution < -0.4 is 11.1 Å². The molecule has 1 aromatic heterocycles. The minimum atomic E-state index is -0.494. The number of amides is 1. The van der Waals surface area contributed by atoms with Gasteiger partial charge in [0.05, 0.1) is 18.1 Å². The molecule has 2 aliphatic heterocycles. The van der Waals surface area contributed by atoms with Crippen LogP contribution in [-0.2, 0) is 15.1 Å². The lowest BCUT2D eigenvalue weighted by atomic mass is 9.44. The maximum absolute atomic E-state index is 12.5. The average Bonchev–Trinajstić information content (AvgIpc) is 2.93. The fourth-order valence-corrected chi connectivity index (χ4v) is 6.59. The third-order valence-electron chi connectivity index (χ3n) is 6.26. The second-order valence-corrected chi connectivity index (χ2v) is 9.89. The first kappa shape index (κ1) is 16.1. The van der Waals surface area contributed by atoms with Gasteiger partial charge in [0.2, 0.25) is 5.91 Å². The zero-order valence-corrected chi connectivity index (χ0v) is 15.8. The number of carbonyl (C=O) groups is 1. The van der Waals surface area contributed by atoms with Gasteiger partial charge >= 0.3 is 0 Å². The van der Waals surface area contributed by atoms with E-state index < -0.39 is 5.54 Å². The van der Waals surface area contributed by atoms with Crippen molar-refractivity contribution >= 4 is 40.0 Å². The molecule has 134 valence electrons. The Balaban J connectivity index is 1.41. The van der Waals surface area contributed by atoms with E-state index in [9.17, 15) is 4.79 Å². The lowest BCUT2D eigenvalue weighted by Gasteiger charge is -2.59. The second-order valence-electron chi connectivity index (χ2n) is 7.99. The highest BCUT2D eigenvalue weighted by molar-refractivity contribution is 8.13. The maximum atomic E-state index is 12.5. The molecule has 1 unspecified atom stereocenters. The minimum Gasteiger partial charge on any atom is -0.379 e. The number of thioether (sulfide) groups is 1. The van der Waals surface area contributed by atoms with Crippen molar-refractivity contribution in [3.8, 4) is 0 Å². The normalized spacial score (nSPS) is 41.8. The van der Waals surface area contributed by atoms with E-state index in [1.54, 1.807) is 23.1 Å². The van der Waals surface area contributed by atoms with Crippen LogP contribution >= 0.6 is 23.1 Å². The zero-order chi connectivity index (χ0) is 17.2. The van der Waals surface area contributed by atoms with Crippen molar-refractivity contribution in [1.29, 1.82) is 0 Å². The van der Waals surface area contributed by atoms with E-state index in [4.69, 9.17) is 20.4 Å². The predicted molar refractivity (Wildman–Crippen MR) is 99.8 cm³/mol. The number of hydrogen-bond acceptors (Lipinski definition) is 7. The van der Waals surface area contributed by atoms with Gasteiger partial charge in [-0.15, -0.1) is 11.3 Å². The molecule has 0 spiro atoms. The SMILES string of the molecule is C[C@H]1C[C@H]2CSC(N)=NC2(c2nc(NC(=O)C34CC(C3)C4)cs2)CO1. The monoisotopic (exact) mass is 378 g/mol. The molecule has 5 aliphatic rings. The standard InChI is InChI=1S/C17H22N4O2S2/c1-9-2-11-6-25-15(18)21-17(11,8-23-9)14-20-12(7-24-14)19-13(22)16-3-10(4-16)5-16/h7,9-11H,2-6,8H2,1H3,(H2,18,21)(H,19,22)/t9-,10?,11-,16?,17?/m0/s1. The highest BCUT2D eigenvalue weighted by Gasteiger charge is 2.61. The van der Waals surface area contributed by atoms with E-state index in [1.165, 1.54) is 0 Å². The molecule has 3 heterocycles. The quantitative estimate of drug-likeness (QED) is 0.844. The van der Waals surface area contributed by atoms with Crippen molar-refractivity contribution in [2.24, 2.45) is 28.0 Å². The Hall–Kier alpha value is -1.12. The molecule has 3 aliphatic carbocycles. The number of amidine groups is 1. The summed E-state index contributed by atoms with van der Waals surface area (Å²) < 4.78 is 5.94. The van der Waals surface area contributed by atoms with Gasteiger partial charge in [0.25, 0.3) is 0 Å². The van der Waals surface area contributed by atoms with Crippen LogP contribution in [0.4, 0.5) is 5.82 Å². The third kappa shape index (κ3) is 2.37. The molecule has 1 amide bonds. The van der Waals surface area contributed by atoms with Crippen LogP contribution in [0.25, 0.3) is 0 Å². The van der Waals surface area contributed by atoms with Crippen LogP contribution in [0.3, 0.4) is 0 Å². The number of rotatable bonds is 3. The molecule has 6 rings (SSSR count). The number of nitrogens with two attached hydrogens (primary N) is 1. The first-order valence-electron chi connectivity index (χ1n) is 8.86. The summed E-state index contributed by atoms with van der Waals surface area (Å²) in [7, 11) is 0. The number of thiazole rings is 1. The lowest BCUT2D eigenvalue weighted by molar-refractivity contribution is -0.158. The molecule has 1 saturated heterocycles. The summed E-state index contributed by atoms with van der Waals surface area (Å²) in [5.74, 6) is 2.87. The molecule has 2 bridgehead atoms. The molecule has 4 fully saturated rings. The molecular weight excluding hydrogens is 356 g/mol. The van der Waals surface area contributed by atoms with Gasteiger partial charge in [-0.2, -0.15) is 0 Å². The van der Waals surface area contributed by atoms with Crippen LogP contribution in [0.15, 0.2) is 10.4 Å². The summed E-state index contributed by atoms with van der Waals surface area (Å²) in [6.07, 6.45) is 4.33. The summed E-state index contributed by atoms with van der Waals surface area (Å²) in [6.45, 7) is 2.61. The Morgan fingerprint density at radius 3 is 2.96 bits per heavy atom.